The highest BCUT2D eigenvalue weighted by Gasteiger charge is 2.17. The number of aryl methyl sites for hydroxylation is 1. The van der Waals surface area contributed by atoms with Crippen LogP contribution in [0.15, 0.2) is 30.3 Å². The summed E-state index contributed by atoms with van der Waals surface area (Å²) in [6.45, 7) is 2.17. The van der Waals surface area contributed by atoms with Crippen LogP contribution in [-0.4, -0.2) is 23.4 Å². The monoisotopic (exact) mass is 319 g/mol. The summed E-state index contributed by atoms with van der Waals surface area (Å²) < 4.78 is 5.26. The molecule has 6 nitrogen and oxygen atoms in total. The molecule has 0 bridgehead atoms. The molecule has 22 heavy (non-hydrogen) atoms. The number of nitrogens with two attached hydrogens (primary N) is 1. The topological polar surface area (TPSA) is 94.3 Å². The summed E-state index contributed by atoms with van der Waals surface area (Å²) in [5.74, 6) is -0.668. The molecule has 7 heteroatoms. The van der Waals surface area contributed by atoms with Crippen LogP contribution < -0.4 is 11.1 Å². The van der Waals surface area contributed by atoms with E-state index in [1.807, 2.05) is 30.3 Å². The molecule has 0 unspecified atom stereocenters. The molecule has 0 aliphatic heterocycles. The number of anilines is 1. The molecule has 1 aromatic heterocycles. The predicted octanol–water partition coefficient (Wildman–Crippen LogP) is 2.10. The lowest BCUT2D eigenvalue weighted by Gasteiger charge is -2.03. The van der Waals surface area contributed by atoms with E-state index in [9.17, 15) is 9.59 Å². The van der Waals surface area contributed by atoms with E-state index in [4.69, 9.17) is 10.5 Å². The second kappa shape index (κ2) is 7.67. The first-order chi connectivity index (χ1) is 10.6. The van der Waals surface area contributed by atoms with Crippen LogP contribution in [0, 0.1) is 6.92 Å². The van der Waals surface area contributed by atoms with Crippen LogP contribution in [0.25, 0.3) is 0 Å². The Balaban J connectivity index is 1.98. The number of ether oxygens (including phenoxy) is 1. The Morgan fingerprint density at radius 2 is 2.05 bits per heavy atom. The molecule has 0 atom stereocenters. The van der Waals surface area contributed by atoms with Gasteiger partial charge in [-0.1, -0.05) is 41.7 Å². The van der Waals surface area contributed by atoms with Crippen molar-refractivity contribution in [3.63, 3.8) is 0 Å². The highest BCUT2D eigenvalue weighted by Crippen LogP contribution is 2.23. The summed E-state index contributed by atoms with van der Waals surface area (Å²) in [6, 6.07) is 9.42. The fraction of sp³-hybridized carbons (Fsp3) is 0.267. The fourth-order valence-corrected chi connectivity index (χ4v) is 2.62. The minimum Gasteiger partial charge on any atom is -0.457 e. The zero-order chi connectivity index (χ0) is 15.9. The molecule has 0 spiro atoms. The first-order valence-electron chi connectivity index (χ1n) is 6.78. The fourth-order valence-electron chi connectivity index (χ4n) is 1.74. The Kier molecular flexibility index (Phi) is 5.62. The minimum absolute atomic E-state index is 0.200. The maximum atomic E-state index is 12.1. The number of esters is 1. The van der Waals surface area contributed by atoms with Crippen molar-refractivity contribution >= 4 is 28.3 Å². The summed E-state index contributed by atoms with van der Waals surface area (Å²) in [5, 5.41) is 2.99. The van der Waals surface area contributed by atoms with E-state index in [0.717, 1.165) is 16.9 Å². The molecular weight excluding hydrogens is 302 g/mol. The molecule has 2 aromatic rings. The van der Waals surface area contributed by atoms with Gasteiger partial charge in [0.1, 0.15) is 11.5 Å². The number of carbonyl (C=O) groups is 2. The molecule has 0 aliphatic carbocycles. The van der Waals surface area contributed by atoms with E-state index < -0.39 is 5.97 Å². The van der Waals surface area contributed by atoms with Gasteiger partial charge in [0.25, 0.3) is 0 Å². The van der Waals surface area contributed by atoms with Gasteiger partial charge in [-0.2, -0.15) is 0 Å². The highest BCUT2D eigenvalue weighted by molar-refractivity contribution is 7.17. The van der Waals surface area contributed by atoms with Crippen molar-refractivity contribution in [2.75, 3.05) is 11.9 Å². The van der Waals surface area contributed by atoms with E-state index >= 15 is 0 Å². The molecule has 2 rings (SSSR count). The van der Waals surface area contributed by atoms with Crippen LogP contribution in [0.2, 0.25) is 0 Å². The lowest BCUT2D eigenvalue weighted by atomic mass is 10.2. The number of nitrogens with zero attached hydrogens (tertiary/aromatic N) is 1. The molecule has 3 N–H and O–H groups in total. The summed E-state index contributed by atoms with van der Waals surface area (Å²) >= 11 is 1.10. The van der Waals surface area contributed by atoms with Gasteiger partial charge in [0.15, 0.2) is 5.13 Å². The summed E-state index contributed by atoms with van der Waals surface area (Å²) in [6.07, 6.45) is 0.215. The van der Waals surface area contributed by atoms with Crippen molar-refractivity contribution in [1.29, 1.82) is 0 Å². The third-order valence-electron chi connectivity index (χ3n) is 2.81. The largest absolute Gasteiger partial charge is 0.457 e. The molecule has 0 saturated heterocycles. The van der Waals surface area contributed by atoms with E-state index in [1.54, 1.807) is 6.92 Å². The van der Waals surface area contributed by atoms with E-state index in [0.29, 0.717) is 15.7 Å². The van der Waals surface area contributed by atoms with Gasteiger partial charge in [0.05, 0.1) is 5.69 Å². The summed E-state index contributed by atoms with van der Waals surface area (Å²) in [7, 11) is 0. The van der Waals surface area contributed by atoms with Crippen LogP contribution in [-0.2, 0) is 16.1 Å². The van der Waals surface area contributed by atoms with E-state index in [2.05, 4.69) is 10.3 Å². The molecule has 0 aliphatic rings. The van der Waals surface area contributed by atoms with Crippen LogP contribution in [0.3, 0.4) is 0 Å². The van der Waals surface area contributed by atoms with Crippen molar-refractivity contribution in [3.8, 4) is 0 Å². The molecule has 116 valence electrons. The third kappa shape index (κ3) is 4.37. The Morgan fingerprint density at radius 1 is 1.32 bits per heavy atom. The Labute approximate surface area is 132 Å². The first kappa shape index (κ1) is 16.1. The lowest BCUT2D eigenvalue weighted by Crippen LogP contribution is -2.15. The SMILES string of the molecule is Cc1nc(NC(=O)CCN)sc1C(=O)OCc1ccccc1. The average Bonchev–Trinajstić information content (AvgIpc) is 2.86. The highest BCUT2D eigenvalue weighted by atomic mass is 32.1. The number of rotatable bonds is 6. The quantitative estimate of drug-likeness (QED) is 0.795. The van der Waals surface area contributed by atoms with Gasteiger partial charge in [-0.05, 0) is 12.5 Å². The Hall–Kier alpha value is -2.25. The number of amides is 1. The van der Waals surface area contributed by atoms with Crippen molar-refractivity contribution in [3.05, 3.63) is 46.5 Å². The normalized spacial score (nSPS) is 10.3. The van der Waals surface area contributed by atoms with Crippen molar-refractivity contribution in [2.45, 2.75) is 20.0 Å². The maximum absolute atomic E-state index is 12.1. The molecule has 1 amide bonds. The molecule has 0 saturated carbocycles. The number of carbonyl (C=O) groups excluding carboxylic acids is 2. The number of nitrogens with one attached hydrogen (secondary N) is 1. The van der Waals surface area contributed by atoms with Crippen LogP contribution in [0.5, 0.6) is 0 Å². The zero-order valence-electron chi connectivity index (χ0n) is 12.2. The van der Waals surface area contributed by atoms with Gasteiger partial charge >= 0.3 is 5.97 Å². The number of thiazole rings is 1. The third-order valence-corrected chi connectivity index (χ3v) is 3.87. The first-order valence-corrected chi connectivity index (χ1v) is 7.60. The van der Waals surface area contributed by atoms with Crippen molar-refractivity contribution < 1.29 is 14.3 Å². The Morgan fingerprint density at radius 3 is 2.73 bits per heavy atom. The number of benzene rings is 1. The standard InChI is InChI=1S/C15H17N3O3S/c1-10-13(22-15(17-10)18-12(19)7-8-16)14(20)21-9-11-5-3-2-4-6-11/h2-6H,7-9,16H2,1H3,(H,17,18,19). The average molecular weight is 319 g/mol. The number of aromatic nitrogens is 1. The van der Waals surface area contributed by atoms with E-state index in [-0.39, 0.29) is 25.5 Å². The van der Waals surface area contributed by atoms with Gasteiger partial charge in [-0.25, -0.2) is 9.78 Å². The predicted molar refractivity (Wildman–Crippen MR) is 84.7 cm³/mol. The molecule has 0 radical (unpaired) electrons. The van der Waals surface area contributed by atoms with E-state index in [1.165, 1.54) is 0 Å². The van der Waals surface area contributed by atoms with Gasteiger partial charge in [0, 0.05) is 13.0 Å². The Bertz CT molecular complexity index is 655. The molecule has 0 fully saturated rings. The van der Waals surface area contributed by atoms with Gasteiger partial charge < -0.3 is 15.8 Å². The van der Waals surface area contributed by atoms with Crippen LogP contribution >= 0.6 is 11.3 Å². The summed E-state index contributed by atoms with van der Waals surface area (Å²) in [5.41, 5.74) is 6.75. The van der Waals surface area contributed by atoms with Crippen molar-refractivity contribution in [1.82, 2.24) is 4.98 Å². The number of hydrogen-bond donors (Lipinski definition) is 2. The minimum atomic E-state index is -0.446. The second-order valence-electron chi connectivity index (χ2n) is 4.58. The molecule has 1 heterocycles. The van der Waals surface area contributed by atoms with Crippen molar-refractivity contribution in [2.24, 2.45) is 5.73 Å². The maximum Gasteiger partial charge on any atom is 0.350 e. The smallest absolute Gasteiger partial charge is 0.350 e. The molecule has 1 aromatic carbocycles. The van der Waals surface area contributed by atoms with Gasteiger partial charge in [-0.3, -0.25) is 4.79 Å². The molecular formula is C15H17N3O3S. The van der Waals surface area contributed by atoms with Crippen LogP contribution in [0.4, 0.5) is 5.13 Å². The second-order valence-corrected chi connectivity index (χ2v) is 5.58. The van der Waals surface area contributed by atoms with Crippen LogP contribution in [0.1, 0.15) is 27.3 Å². The van der Waals surface area contributed by atoms with Gasteiger partial charge in [-0.15, -0.1) is 0 Å². The lowest BCUT2D eigenvalue weighted by molar-refractivity contribution is -0.116. The van der Waals surface area contributed by atoms with Gasteiger partial charge in [0.2, 0.25) is 5.91 Å². The number of hydrogen-bond acceptors (Lipinski definition) is 6. The zero-order valence-corrected chi connectivity index (χ0v) is 13.0. The summed E-state index contributed by atoms with van der Waals surface area (Å²) in [4.78, 5) is 28.1.